The van der Waals surface area contributed by atoms with Crippen LogP contribution in [-0.2, 0) is 0 Å². The second kappa shape index (κ2) is 7.40. The maximum atomic E-state index is 12.5. The number of carbonyl (C=O) groups excluding carboxylic acids is 1. The van der Waals surface area contributed by atoms with Gasteiger partial charge in [-0.15, -0.1) is 11.3 Å². The van der Waals surface area contributed by atoms with Crippen LogP contribution in [-0.4, -0.2) is 26.0 Å². The van der Waals surface area contributed by atoms with Crippen LogP contribution in [0.25, 0.3) is 10.8 Å². The monoisotopic (exact) mass is 354 g/mol. The molecule has 0 saturated heterocycles. The van der Waals surface area contributed by atoms with E-state index in [1.54, 1.807) is 0 Å². The van der Waals surface area contributed by atoms with Gasteiger partial charge in [-0.25, -0.2) is 9.97 Å². The number of hydrogen-bond donors (Lipinski definition) is 2. The van der Waals surface area contributed by atoms with Crippen LogP contribution < -0.4 is 5.32 Å². The smallest absolute Gasteiger partial charge is 0.258 e. The van der Waals surface area contributed by atoms with Crippen molar-refractivity contribution in [1.82, 2.24) is 20.3 Å². The minimum atomic E-state index is -0.407. The van der Waals surface area contributed by atoms with Crippen LogP contribution in [0, 0.1) is 6.92 Å². The number of thiazole rings is 1. The van der Waals surface area contributed by atoms with Crippen molar-refractivity contribution in [3.05, 3.63) is 58.7 Å². The molecular weight excluding hydrogens is 336 g/mol. The van der Waals surface area contributed by atoms with Crippen molar-refractivity contribution in [1.29, 1.82) is 0 Å². The highest BCUT2D eigenvalue weighted by atomic mass is 32.1. The van der Waals surface area contributed by atoms with E-state index in [1.807, 2.05) is 49.6 Å². The number of amides is 1. The highest BCUT2D eigenvalue weighted by molar-refractivity contribution is 7.13. The highest BCUT2D eigenvalue weighted by Gasteiger charge is 2.19. The lowest BCUT2D eigenvalue weighted by Crippen LogP contribution is -2.28. The van der Waals surface area contributed by atoms with E-state index >= 15 is 0 Å². The molecule has 2 N–H and O–H groups in total. The Hall–Kier alpha value is -2.80. The van der Waals surface area contributed by atoms with Crippen LogP contribution in [0.1, 0.15) is 41.0 Å². The number of hydrogen-bond acceptors (Lipinski definition) is 6. The van der Waals surface area contributed by atoms with Crippen molar-refractivity contribution in [3.8, 4) is 16.7 Å². The second-order valence-electron chi connectivity index (χ2n) is 5.57. The number of carbonyl (C=O) groups is 1. The molecule has 0 unspecified atom stereocenters. The van der Waals surface area contributed by atoms with Gasteiger partial charge in [-0.2, -0.15) is 4.98 Å². The number of aromatic nitrogens is 3. The van der Waals surface area contributed by atoms with Crippen molar-refractivity contribution in [2.45, 2.75) is 26.3 Å². The molecule has 0 radical (unpaired) electrons. The van der Waals surface area contributed by atoms with Crippen molar-refractivity contribution in [2.24, 2.45) is 0 Å². The third kappa shape index (κ3) is 3.83. The van der Waals surface area contributed by atoms with E-state index < -0.39 is 5.91 Å². The van der Waals surface area contributed by atoms with Gasteiger partial charge in [0.1, 0.15) is 5.56 Å². The molecule has 1 amide bonds. The Labute approximate surface area is 149 Å². The molecule has 128 valence electrons. The fraction of sp³-hybridized carbons (Fsp3) is 0.222. The number of nitrogens with zero attached hydrogens (tertiary/aromatic N) is 3. The number of aryl methyl sites for hydroxylation is 1. The summed E-state index contributed by atoms with van der Waals surface area (Å²) in [6.45, 7) is 3.86. The van der Waals surface area contributed by atoms with Gasteiger partial charge in [0.25, 0.3) is 5.91 Å². The highest BCUT2D eigenvalue weighted by Crippen LogP contribution is 2.24. The summed E-state index contributed by atoms with van der Waals surface area (Å²) in [5.41, 5.74) is 1.92. The molecule has 3 rings (SSSR count). The van der Waals surface area contributed by atoms with Gasteiger partial charge >= 0.3 is 0 Å². The summed E-state index contributed by atoms with van der Waals surface area (Å²) in [6.07, 6.45) is 2.06. The number of aromatic hydroxyl groups is 1. The minimum Gasteiger partial charge on any atom is -0.493 e. The van der Waals surface area contributed by atoms with Gasteiger partial charge < -0.3 is 10.4 Å². The first kappa shape index (κ1) is 17.0. The molecule has 0 aliphatic carbocycles. The number of nitrogens with one attached hydrogen (secondary N) is 1. The van der Waals surface area contributed by atoms with Gasteiger partial charge in [0, 0.05) is 17.3 Å². The maximum Gasteiger partial charge on any atom is 0.258 e. The fourth-order valence-electron chi connectivity index (χ4n) is 2.44. The van der Waals surface area contributed by atoms with Gasteiger partial charge in [-0.05, 0) is 18.9 Å². The summed E-state index contributed by atoms with van der Waals surface area (Å²) >= 11 is 1.39. The SMILES string of the molecule is CC[C@H](NC(=O)c1cnc(-c2nc(C)cs2)nc1O)c1ccccc1. The molecule has 0 aliphatic rings. The van der Waals surface area contributed by atoms with E-state index in [9.17, 15) is 9.90 Å². The van der Waals surface area contributed by atoms with Crippen LogP contribution >= 0.6 is 11.3 Å². The van der Waals surface area contributed by atoms with Gasteiger partial charge in [-0.3, -0.25) is 4.79 Å². The van der Waals surface area contributed by atoms with Gasteiger partial charge in [-0.1, -0.05) is 37.3 Å². The van der Waals surface area contributed by atoms with Gasteiger partial charge in [0.05, 0.1) is 6.04 Å². The summed E-state index contributed by atoms with van der Waals surface area (Å²) in [6, 6.07) is 9.55. The lowest BCUT2D eigenvalue weighted by molar-refractivity contribution is 0.0931. The Kier molecular flexibility index (Phi) is 5.04. The lowest BCUT2D eigenvalue weighted by atomic mass is 10.0. The number of rotatable bonds is 5. The van der Waals surface area contributed by atoms with Crippen molar-refractivity contribution >= 4 is 17.2 Å². The van der Waals surface area contributed by atoms with Crippen LogP contribution in [0.3, 0.4) is 0 Å². The average Bonchev–Trinajstić information content (AvgIpc) is 3.06. The van der Waals surface area contributed by atoms with E-state index in [2.05, 4.69) is 20.3 Å². The summed E-state index contributed by atoms with van der Waals surface area (Å²) in [4.78, 5) is 25.0. The van der Waals surface area contributed by atoms with Crippen LogP contribution in [0.15, 0.2) is 41.9 Å². The molecule has 7 heteroatoms. The first-order valence-electron chi connectivity index (χ1n) is 7.92. The zero-order chi connectivity index (χ0) is 17.8. The molecule has 25 heavy (non-hydrogen) atoms. The molecule has 1 atom stereocenters. The molecule has 2 heterocycles. The van der Waals surface area contributed by atoms with Crippen molar-refractivity contribution in [2.75, 3.05) is 0 Å². The molecule has 0 saturated carbocycles. The summed E-state index contributed by atoms with van der Waals surface area (Å²) in [7, 11) is 0. The third-order valence-electron chi connectivity index (χ3n) is 3.74. The first-order chi connectivity index (χ1) is 12.1. The zero-order valence-corrected chi connectivity index (χ0v) is 14.7. The summed E-state index contributed by atoms with van der Waals surface area (Å²) in [5.74, 6) is -0.449. The molecule has 0 spiro atoms. The van der Waals surface area contributed by atoms with E-state index in [4.69, 9.17) is 0 Å². The molecule has 0 aliphatic heterocycles. The average molecular weight is 354 g/mol. The molecule has 1 aromatic carbocycles. The molecule has 3 aromatic rings. The fourth-order valence-corrected chi connectivity index (χ4v) is 3.17. The normalized spacial score (nSPS) is 11.9. The molecule has 0 bridgehead atoms. The zero-order valence-electron chi connectivity index (χ0n) is 13.9. The Morgan fingerprint density at radius 1 is 1.28 bits per heavy atom. The molecule has 2 aromatic heterocycles. The largest absolute Gasteiger partial charge is 0.493 e. The van der Waals surface area contributed by atoms with Crippen LogP contribution in [0.4, 0.5) is 0 Å². The van der Waals surface area contributed by atoms with E-state index in [1.165, 1.54) is 17.5 Å². The number of benzene rings is 1. The van der Waals surface area contributed by atoms with Crippen molar-refractivity contribution in [3.63, 3.8) is 0 Å². The predicted molar refractivity (Wildman–Crippen MR) is 96.5 cm³/mol. The summed E-state index contributed by atoms with van der Waals surface area (Å²) in [5, 5.41) is 15.5. The van der Waals surface area contributed by atoms with E-state index in [0.29, 0.717) is 10.8 Å². The van der Waals surface area contributed by atoms with Crippen molar-refractivity contribution < 1.29 is 9.90 Å². The molecule has 0 fully saturated rings. The lowest BCUT2D eigenvalue weighted by Gasteiger charge is -2.17. The Morgan fingerprint density at radius 3 is 2.64 bits per heavy atom. The quantitative estimate of drug-likeness (QED) is 0.732. The molecular formula is C18H18N4O2S. The predicted octanol–water partition coefficient (Wildman–Crippen LogP) is 3.50. The minimum absolute atomic E-state index is 0.0476. The summed E-state index contributed by atoms with van der Waals surface area (Å²) < 4.78 is 0. The second-order valence-corrected chi connectivity index (χ2v) is 6.43. The Morgan fingerprint density at radius 2 is 2.04 bits per heavy atom. The van der Waals surface area contributed by atoms with Crippen LogP contribution in [0.2, 0.25) is 0 Å². The topological polar surface area (TPSA) is 88.0 Å². The third-order valence-corrected chi connectivity index (χ3v) is 4.70. The Bertz CT molecular complexity index is 880. The van der Waals surface area contributed by atoms with E-state index in [-0.39, 0.29) is 17.5 Å². The van der Waals surface area contributed by atoms with E-state index in [0.717, 1.165) is 17.7 Å². The first-order valence-corrected chi connectivity index (χ1v) is 8.80. The standard InChI is InChI=1S/C18H18N4O2S/c1-3-14(12-7-5-4-6-8-12)21-16(23)13-9-19-15(22-17(13)24)18-20-11(2)10-25-18/h4-10,14H,3H2,1-2H3,(H,21,23)(H,19,22,24)/t14-/m0/s1. The maximum absolute atomic E-state index is 12.5. The molecule has 6 nitrogen and oxygen atoms in total. The van der Waals surface area contributed by atoms with Crippen LogP contribution in [0.5, 0.6) is 5.88 Å². The van der Waals surface area contributed by atoms with Gasteiger partial charge in [0.2, 0.25) is 5.88 Å². The Balaban J connectivity index is 1.80. The van der Waals surface area contributed by atoms with Gasteiger partial charge in [0.15, 0.2) is 10.8 Å².